The maximum absolute atomic E-state index is 8.94. The molecule has 0 aromatic carbocycles. The standard InChI is InChI=1S/C11H19N3/c1-11(2,3)14-13-10-7-5-4-6-9(10)8-12/h9-10H,4-7H2,1-3H3/b14-13+. The van der Waals surface area contributed by atoms with Crippen LogP contribution in [0.2, 0.25) is 0 Å². The first-order chi connectivity index (χ1) is 6.53. The van der Waals surface area contributed by atoms with Gasteiger partial charge in [-0.05, 0) is 33.6 Å². The molecule has 14 heavy (non-hydrogen) atoms. The van der Waals surface area contributed by atoms with Crippen LogP contribution in [0.15, 0.2) is 10.2 Å². The Hall–Kier alpha value is -0.910. The van der Waals surface area contributed by atoms with E-state index in [9.17, 15) is 0 Å². The molecule has 0 radical (unpaired) electrons. The van der Waals surface area contributed by atoms with Gasteiger partial charge in [-0.2, -0.15) is 15.5 Å². The van der Waals surface area contributed by atoms with E-state index in [1.165, 1.54) is 12.8 Å². The smallest absolute Gasteiger partial charge is 0.0866 e. The highest BCUT2D eigenvalue weighted by molar-refractivity contribution is 4.94. The quantitative estimate of drug-likeness (QED) is 0.589. The summed E-state index contributed by atoms with van der Waals surface area (Å²) in [6.45, 7) is 6.09. The molecular weight excluding hydrogens is 174 g/mol. The molecule has 0 amide bonds. The van der Waals surface area contributed by atoms with Crippen molar-refractivity contribution < 1.29 is 0 Å². The second-order valence-corrected chi connectivity index (χ2v) is 4.97. The maximum Gasteiger partial charge on any atom is 0.0866 e. The number of nitriles is 1. The number of rotatable bonds is 1. The lowest BCUT2D eigenvalue weighted by atomic mass is 9.86. The summed E-state index contributed by atoms with van der Waals surface area (Å²) < 4.78 is 0. The third kappa shape index (κ3) is 3.45. The highest BCUT2D eigenvalue weighted by atomic mass is 15.2. The summed E-state index contributed by atoms with van der Waals surface area (Å²) in [5, 5.41) is 17.5. The summed E-state index contributed by atoms with van der Waals surface area (Å²) in [4.78, 5) is 0. The van der Waals surface area contributed by atoms with Crippen molar-refractivity contribution in [3.63, 3.8) is 0 Å². The molecule has 0 N–H and O–H groups in total. The van der Waals surface area contributed by atoms with E-state index in [0.29, 0.717) is 0 Å². The Balaban J connectivity index is 2.58. The Morgan fingerprint density at radius 1 is 1.21 bits per heavy atom. The molecule has 0 aromatic heterocycles. The van der Waals surface area contributed by atoms with E-state index in [1.807, 2.05) is 20.8 Å². The molecule has 0 heterocycles. The molecule has 2 atom stereocenters. The molecule has 78 valence electrons. The number of nitrogens with zero attached hydrogens (tertiary/aromatic N) is 3. The Morgan fingerprint density at radius 2 is 1.86 bits per heavy atom. The van der Waals surface area contributed by atoms with Crippen LogP contribution in [-0.4, -0.2) is 11.6 Å². The van der Waals surface area contributed by atoms with Crippen LogP contribution < -0.4 is 0 Å². The summed E-state index contributed by atoms with van der Waals surface area (Å²) >= 11 is 0. The van der Waals surface area contributed by atoms with Crippen LogP contribution in [0.1, 0.15) is 46.5 Å². The zero-order valence-corrected chi connectivity index (χ0v) is 9.32. The first-order valence-electron chi connectivity index (χ1n) is 5.34. The van der Waals surface area contributed by atoms with Crippen LogP contribution in [0.3, 0.4) is 0 Å². The molecule has 0 spiro atoms. The van der Waals surface area contributed by atoms with Gasteiger partial charge in [0.05, 0.1) is 23.6 Å². The van der Waals surface area contributed by atoms with Crippen LogP contribution >= 0.6 is 0 Å². The van der Waals surface area contributed by atoms with Gasteiger partial charge in [0.25, 0.3) is 0 Å². The van der Waals surface area contributed by atoms with Crippen molar-refractivity contribution in [2.45, 2.75) is 58.0 Å². The molecule has 3 heteroatoms. The highest BCUT2D eigenvalue weighted by Gasteiger charge is 2.25. The van der Waals surface area contributed by atoms with Crippen molar-refractivity contribution in [3.8, 4) is 6.07 Å². The number of hydrogen-bond donors (Lipinski definition) is 0. The molecule has 2 unspecified atom stereocenters. The van der Waals surface area contributed by atoms with Crippen LogP contribution in [0.4, 0.5) is 0 Å². The topological polar surface area (TPSA) is 48.5 Å². The fraction of sp³-hybridized carbons (Fsp3) is 0.909. The fourth-order valence-corrected chi connectivity index (χ4v) is 1.65. The lowest BCUT2D eigenvalue weighted by Crippen LogP contribution is -2.22. The number of azo groups is 1. The van der Waals surface area contributed by atoms with Gasteiger partial charge in [0.1, 0.15) is 0 Å². The number of hydrogen-bond acceptors (Lipinski definition) is 3. The zero-order chi connectivity index (χ0) is 10.6. The SMILES string of the molecule is CC(C)(C)/N=N/C1CCCCC1C#N. The first kappa shape index (κ1) is 11.2. The predicted molar refractivity (Wildman–Crippen MR) is 56.0 cm³/mol. The minimum absolute atomic E-state index is 0.0925. The zero-order valence-electron chi connectivity index (χ0n) is 9.32. The third-order valence-corrected chi connectivity index (χ3v) is 2.40. The lowest BCUT2D eigenvalue weighted by molar-refractivity contribution is 0.348. The van der Waals surface area contributed by atoms with Crippen molar-refractivity contribution in [2.24, 2.45) is 16.1 Å². The molecule has 1 aliphatic carbocycles. The highest BCUT2D eigenvalue weighted by Crippen LogP contribution is 2.27. The average Bonchev–Trinajstić information content (AvgIpc) is 2.14. The molecule has 1 aliphatic rings. The van der Waals surface area contributed by atoms with Crippen LogP contribution in [-0.2, 0) is 0 Å². The molecule has 0 aliphatic heterocycles. The summed E-state index contributed by atoms with van der Waals surface area (Å²) in [6.07, 6.45) is 4.37. The summed E-state index contributed by atoms with van der Waals surface area (Å²) in [5.41, 5.74) is -0.114. The summed E-state index contributed by atoms with van der Waals surface area (Å²) in [6, 6.07) is 2.48. The minimum atomic E-state index is -0.114. The van der Waals surface area contributed by atoms with Crippen LogP contribution in [0, 0.1) is 17.2 Å². The molecule has 0 aromatic rings. The lowest BCUT2D eigenvalue weighted by Gasteiger charge is -2.23. The molecule has 1 saturated carbocycles. The minimum Gasteiger partial charge on any atom is -0.198 e. The van der Waals surface area contributed by atoms with Gasteiger partial charge in [-0.25, -0.2) is 0 Å². The van der Waals surface area contributed by atoms with Crippen molar-refractivity contribution >= 4 is 0 Å². The monoisotopic (exact) mass is 193 g/mol. The Kier molecular flexibility index (Phi) is 3.62. The van der Waals surface area contributed by atoms with E-state index < -0.39 is 0 Å². The fourth-order valence-electron chi connectivity index (χ4n) is 1.65. The second-order valence-electron chi connectivity index (χ2n) is 4.97. The van der Waals surface area contributed by atoms with E-state index in [4.69, 9.17) is 5.26 Å². The molecular formula is C11H19N3. The van der Waals surface area contributed by atoms with E-state index >= 15 is 0 Å². The van der Waals surface area contributed by atoms with E-state index in [1.54, 1.807) is 0 Å². The van der Waals surface area contributed by atoms with Gasteiger partial charge in [0.2, 0.25) is 0 Å². The van der Waals surface area contributed by atoms with Gasteiger partial charge in [0.15, 0.2) is 0 Å². The average molecular weight is 193 g/mol. The van der Waals surface area contributed by atoms with Crippen molar-refractivity contribution in [3.05, 3.63) is 0 Å². The molecule has 0 saturated heterocycles. The first-order valence-corrected chi connectivity index (χ1v) is 5.34. The van der Waals surface area contributed by atoms with Gasteiger partial charge in [-0.3, -0.25) is 0 Å². The van der Waals surface area contributed by atoms with Gasteiger partial charge < -0.3 is 0 Å². The summed E-state index contributed by atoms with van der Waals surface area (Å²) in [5.74, 6) is 0.0925. The van der Waals surface area contributed by atoms with Gasteiger partial charge in [-0.1, -0.05) is 12.8 Å². The molecule has 1 rings (SSSR count). The third-order valence-electron chi connectivity index (χ3n) is 2.40. The molecule has 1 fully saturated rings. The van der Waals surface area contributed by atoms with E-state index in [0.717, 1.165) is 12.8 Å². The normalized spacial score (nSPS) is 29.0. The van der Waals surface area contributed by atoms with E-state index in [-0.39, 0.29) is 17.5 Å². The van der Waals surface area contributed by atoms with Crippen molar-refractivity contribution in [2.75, 3.05) is 0 Å². The Bertz CT molecular complexity index is 244. The Labute approximate surface area is 86.2 Å². The predicted octanol–water partition coefficient (Wildman–Crippen LogP) is 3.32. The Morgan fingerprint density at radius 3 is 2.43 bits per heavy atom. The van der Waals surface area contributed by atoms with Crippen molar-refractivity contribution in [1.29, 1.82) is 5.26 Å². The van der Waals surface area contributed by atoms with Gasteiger partial charge in [-0.15, -0.1) is 0 Å². The van der Waals surface area contributed by atoms with Gasteiger partial charge in [0, 0.05) is 0 Å². The van der Waals surface area contributed by atoms with Crippen LogP contribution in [0.5, 0.6) is 0 Å². The molecule has 0 bridgehead atoms. The molecule has 3 nitrogen and oxygen atoms in total. The van der Waals surface area contributed by atoms with E-state index in [2.05, 4.69) is 16.3 Å². The maximum atomic E-state index is 8.94. The van der Waals surface area contributed by atoms with Gasteiger partial charge >= 0.3 is 0 Å². The largest absolute Gasteiger partial charge is 0.198 e. The van der Waals surface area contributed by atoms with Crippen molar-refractivity contribution in [1.82, 2.24) is 0 Å². The van der Waals surface area contributed by atoms with Crippen LogP contribution in [0.25, 0.3) is 0 Å². The summed E-state index contributed by atoms with van der Waals surface area (Å²) in [7, 11) is 0. The second kappa shape index (κ2) is 4.54.